The molecule has 96 valence electrons. The normalized spacial score (nSPS) is 11.6. The molecule has 1 atom stereocenters. The Morgan fingerprint density at radius 2 is 1.94 bits per heavy atom. The van der Waals surface area contributed by atoms with Gasteiger partial charge in [0.05, 0.1) is 6.61 Å². The number of ketones is 1. The number of benzene rings is 1. The van der Waals surface area contributed by atoms with E-state index in [1.165, 1.54) is 0 Å². The molecular weight excluding hydrogens is 232 g/mol. The minimum Gasteiger partial charge on any atom is -0.465 e. The van der Waals surface area contributed by atoms with Gasteiger partial charge in [0.15, 0.2) is 5.78 Å². The highest BCUT2D eigenvalue weighted by Crippen LogP contribution is 2.15. The van der Waals surface area contributed by atoms with Crippen LogP contribution in [-0.4, -0.2) is 24.6 Å². The van der Waals surface area contributed by atoms with E-state index >= 15 is 0 Å². The molecule has 0 bridgehead atoms. The van der Waals surface area contributed by atoms with Gasteiger partial charge in [0.2, 0.25) is 0 Å². The molecule has 0 heterocycles. The summed E-state index contributed by atoms with van der Waals surface area (Å²) in [7, 11) is 0. The van der Waals surface area contributed by atoms with Gasteiger partial charge in [-0.15, -0.1) is 0 Å². The average molecular weight is 248 g/mol. The Balaban J connectivity index is 2.85. The van der Waals surface area contributed by atoms with Crippen molar-refractivity contribution in [1.29, 1.82) is 0 Å². The van der Waals surface area contributed by atoms with Crippen molar-refractivity contribution in [2.45, 2.75) is 19.8 Å². The number of ether oxygens (including phenoxy) is 1. The van der Waals surface area contributed by atoms with Crippen molar-refractivity contribution in [1.82, 2.24) is 0 Å². The molecule has 1 unspecified atom stereocenters. The van der Waals surface area contributed by atoms with Crippen LogP contribution in [-0.2, 0) is 14.3 Å². The van der Waals surface area contributed by atoms with Crippen LogP contribution in [0.2, 0.25) is 0 Å². The third kappa shape index (κ3) is 3.80. The zero-order chi connectivity index (χ0) is 13.4. The first-order valence-corrected chi connectivity index (χ1v) is 5.90. The SMILES string of the molecule is CCOC(=O)C(CCC=O)C(=O)c1ccccc1. The maximum absolute atomic E-state index is 12.2. The van der Waals surface area contributed by atoms with Crippen LogP contribution < -0.4 is 0 Å². The van der Waals surface area contributed by atoms with Gasteiger partial charge in [0.25, 0.3) is 0 Å². The van der Waals surface area contributed by atoms with E-state index in [0.717, 1.165) is 0 Å². The van der Waals surface area contributed by atoms with E-state index in [9.17, 15) is 14.4 Å². The molecule has 0 amide bonds. The second-order valence-electron chi connectivity index (χ2n) is 3.78. The summed E-state index contributed by atoms with van der Waals surface area (Å²) in [5, 5.41) is 0. The van der Waals surface area contributed by atoms with Crippen LogP contribution in [0.25, 0.3) is 0 Å². The van der Waals surface area contributed by atoms with Crippen molar-refractivity contribution in [3.63, 3.8) is 0 Å². The average Bonchev–Trinajstić information content (AvgIpc) is 2.40. The first kappa shape index (κ1) is 14.1. The van der Waals surface area contributed by atoms with E-state index in [1.54, 1.807) is 37.3 Å². The molecule has 18 heavy (non-hydrogen) atoms. The summed E-state index contributed by atoms with van der Waals surface area (Å²) in [6, 6.07) is 8.55. The van der Waals surface area contributed by atoms with Crippen molar-refractivity contribution in [2.24, 2.45) is 5.92 Å². The number of hydrogen-bond acceptors (Lipinski definition) is 4. The van der Waals surface area contributed by atoms with E-state index in [1.807, 2.05) is 0 Å². The molecule has 0 saturated heterocycles. The van der Waals surface area contributed by atoms with Gasteiger partial charge >= 0.3 is 5.97 Å². The molecule has 0 aromatic heterocycles. The Labute approximate surface area is 106 Å². The van der Waals surface area contributed by atoms with Crippen molar-refractivity contribution >= 4 is 18.0 Å². The first-order valence-electron chi connectivity index (χ1n) is 5.90. The maximum atomic E-state index is 12.2. The zero-order valence-corrected chi connectivity index (χ0v) is 10.3. The standard InChI is InChI=1S/C14H16O4/c1-2-18-14(17)12(9-6-10-15)13(16)11-7-4-3-5-8-11/h3-5,7-8,10,12H,2,6,9H2,1H3. The summed E-state index contributed by atoms with van der Waals surface area (Å²) in [4.78, 5) is 34.2. The Hall–Kier alpha value is -1.97. The number of aldehydes is 1. The number of hydrogen-bond donors (Lipinski definition) is 0. The predicted octanol–water partition coefficient (Wildman–Crippen LogP) is 2.03. The smallest absolute Gasteiger partial charge is 0.316 e. The lowest BCUT2D eigenvalue weighted by Crippen LogP contribution is -2.26. The number of rotatable bonds is 7. The van der Waals surface area contributed by atoms with Gasteiger partial charge in [-0.1, -0.05) is 30.3 Å². The van der Waals surface area contributed by atoms with Gasteiger partial charge in [-0.3, -0.25) is 9.59 Å². The lowest BCUT2D eigenvalue weighted by Gasteiger charge is -2.13. The largest absolute Gasteiger partial charge is 0.465 e. The molecule has 1 rings (SSSR count). The quantitative estimate of drug-likeness (QED) is 0.320. The molecule has 0 aliphatic rings. The molecular formula is C14H16O4. The molecule has 0 spiro atoms. The fourth-order valence-corrected chi connectivity index (χ4v) is 1.64. The van der Waals surface area contributed by atoms with Gasteiger partial charge in [0, 0.05) is 12.0 Å². The first-order chi connectivity index (χ1) is 8.70. The fourth-order valence-electron chi connectivity index (χ4n) is 1.64. The molecule has 1 aromatic rings. The third-order valence-corrected chi connectivity index (χ3v) is 2.52. The van der Waals surface area contributed by atoms with E-state index in [-0.39, 0.29) is 25.2 Å². The van der Waals surface area contributed by atoms with Crippen LogP contribution >= 0.6 is 0 Å². The van der Waals surface area contributed by atoms with Gasteiger partial charge in [-0.25, -0.2) is 0 Å². The van der Waals surface area contributed by atoms with Crippen molar-refractivity contribution in [2.75, 3.05) is 6.61 Å². The van der Waals surface area contributed by atoms with Crippen LogP contribution in [0.4, 0.5) is 0 Å². The molecule has 0 fully saturated rings. The summed E-state index contributed by atoms with van der Waals surface area (Å²) in [5.41, 5.74) is 0.460. The number of esters is 1. The maximum Gasteiger partial charge on any atom is 0.316 e. The summed E-state index contributed by atoms with van der Waals surface area (Å²) in [6.07, 6.45) is 1.06. The molecule has 1 aromatic carbocycles. The molecule has 0 radical (unpaired) electrons. The van der Waals surface area contributed by atoms with Crippen LogP contribution in [0.1, 0.15) is 30.1 Å². The van der Waals surface area contributed by atoms with Crippen LogP contribution in [0.15, 0.2) is 30.3 Å². The highest BCUT2D eigenvalue weighted by molar-refractivity contribution is 6.08. The number of carbonyl (C=O) groups is 3. The van der Waals surface area contributed by atoms with Crippen LogP contribution in [0, 0.1) is 5.92 Å². The molecule has 0 saturated carbocycles. The fraction of sp³-hybridized carbons (Fsp3) is 0.357. The topological polar surface area (TPSA) is 60.4 Å². The zero-order valence-electron chi connectivity index (χ0n) is 10.3. The van der Waals surface area contributed by atoms with Gasteiger partial charge in [0.1, 0.15) is 12.2 Å². The van der Waals surface area contributed by atoms with E-state index < -0.39 is 11.9 Å². The van der Waals surface area contributed by atoms with Crippen LogP contribution in [0.5, 0.6) is 0 Å². The third-order valence-electron chi connectivity index (χ3n) is 2.52. The second-order valence-corrected chi connectivity index (χ2v) is 3.78. The summed E-state index contributed by atoms with van der Waals surface area (Å²) in [5.74, 6) is -1.75. The highest BCUT2D eigenvalue weighted by Gasteiger charge is 2.28. The molecule has 0 aliphatic heterocycles. The lowest BCUT2D eigenvalue weighted by atomic mass is 9.93. The molecule has 4 heteroatoms. The predicted molar refractivity (Wildman–Crippen MR) is 66.2 cm³/mol. The van der Waals surface area contributed by atoms with Crippen LogP contribution in [0.3, 0.4) is 0 Å². The number of carbonyl (C=O) groups excluding carboxylic acids is 3. The molecule has 0 N–H and O–H groups in total. The Morgan fingerprint density at radius 3 is 2.50 bits per heavy atom. The lowest BCUT2D eigenvalue weighted by molar-refractivity contribution is -0.146. The van der Waals surface area contributed by atoms with Gasteiger partial charge < -0.3 is 9.53 Å². The van der Waals surface area contributed by atoms with Crippen molar-refractivity contribution in [3.8, 4) is 0 Å². The monoisotopic (exact) mass is 248 g/mol. The molecule has 0 aliphatic carbocycles. The Bertz CT molecular complexity index is 411. The van der Waals surface area contributed by atoms with Crippen molar-refractivity contribution < 1.29 is 19.1 Å². The summed E-state index contributed by atoms with van der Waals surface area (Å²) in [6.45, 7) is 1.90. The highest BCUT2D eigenvalue weighted by atomic mass is 16.5. The minimum atomic E-state index is -0.891. The Morgan fingerprint density at radius 1 is 1.28 bits per heavy atom. The van der Waals surface area contributed by atoms with E-state index in [0.29, 0.717) is 11.8 Å². The minimum absolute atomic E-state index is 0.169. The summed E-state index contributed by atoms with van der Waals surface area (Å²) >= 11 is 0. The number of Topliss-reactive ketones (excluding diaryl/α,β-unsaturated/α-hetero) is 1. The van der Waals surface area contributed by atoms with E-state index in [2.05, 4.69) is 0 Å². The van der Waals surface area contributed by atoms with Gasteiger partial charge in [-0.05, 0) is 13.3 Å². The van der Waals surface area contributed by atoms with Gasteiger partial charge in [-0.2, -0.15) is 0 Å². The Kier molecular flexibility index (Phi) is 5.77. The summed E-state index contributed by atoms with van der Waals surface area (Å²) < 4.78 is 4.87. The van der Waals surface area contributed by atoms with Crippen molar-refractivity contribution in [3.05, 3.63) is 35.9 Å². The molecule has 4 nitrogen and oxygen atoms in total. The van der Waals surface area contributed by atoms with E-state index in [4.69, 9.17) is 4.74 Å². The second kappa shape index (κ2) is 7.37.